The zero-order chi connectivity index (χ0) is 11.0. The second kappa shape index (κ2) is 3.61. The summed E-state index contributed by atoms with van der Waals surface area (Å²) in [5, 5.41) is 8.60. The number of rotatable bonds is 2. The highest BCUT2D eigenvalue weighted by Crippen LogP contribution is 2.22. The fourth-order valence-electron chi connectivity index (χ4n) is 1.62. The van der Waals surface area contributed by atoms with Gasteiger partial charge in [-0.25, -0.2) is 4.98 Å². The van der Waals surface area contributed by atoms with Crippen molar-refractivity contribution in [3.05, 3.63) is 23.7 Å². The fraction of sp³-hybridized carbons (Fsp3) is 0.545. The summed E-state index contributed by atoms with van der Waals surface area (Å²) in [6, 6.07) is 1.88. The summed E-state index contributed by atoms with van der Waals surface area (Å²) in [5.41, 5.74) is 2.95. The van der Waals surface area contributed by atoms with E-state index in [-0.39, 0.29) is 0 Å². The summed E-state index contributed by atoms with van der Waals surface area (Å²) >= 11 is 0. The SMILES string of the molecule is CC(C)c1nc2ccnn2nc1C(C)C. The van der Waals surface area contributed by atoms with Gasteiger partial charge in [0.15, 0.2) is 5.65 Å². The highest BCUT2D eigenvalue weighted by Gasteiger charge is 2.15. The lowest BCUT2D eigenvalue weighted by molar-refractivity contribution is 0.657. The minimum atomic E-state index is 0.378. The van der Waals surface area contributed by atoms with Crippen molar-refractivity contribution in [2.45, 2.75) is 39.5 Å². The van der Waals surface area contributed by atoms with E-state index in [4.69, 9.17) is 0 Å². The Kier molecular flexibility index (Phi) is 2.42. The van der Waals surface area contributed by atoms with Crippen LogP contribution in [0.15, 0.2) is 12.3 Å². The van der Waals surface area contributed by atoms with Crippen LogP contribution in [0.5, 0.6) is 0 Å². The van der Waals surface area contributed by atoms with Crippen molar-refractivity contribution in [3.63, 3.8) is 0 Å². The molecule has 0 unspecified atom stereocenters. The molecule has 0 N–H and O–H groups in total. The van der Waals surface area contributed by atoms with Crippen LogP contribution in [0.4, 0.5) is 0 Å². The van der Waals surface area contributed by atoms with Gasteiger partial charge in [0.05, 0.1) is 17.6 Å². The Hall–Kier alpha value is -1.45. The molecule has 2 aromatic heterocycles. The van der Waals surface area contributed by atoms with Gasteiger partial charge in [0.25, 0.3) is 0 Å². The minimum absolute atomic E-state index is 0.378. The molecule has 80 valence electrons. The van der Waals surface area contributed by atoms with Gasteiger partial charge in [-0.2, -0.15) is 10.2 Å². The molecule has 0 saturated carbocycles. The average molecular weight is 204 g/mol. The van der Waals surface area contributed by atoms with Crippen molar-refractivity contribution in [1.82, 2.24) is 19.8 Å². The minimum Gasteiger partial charge on any atom is -0.230 e. The van der Waals surface area contributed by atoms with E-state index in [0.29, 0.717) is 11.8 Å². The molecule has 0 amide bonds. The Balaban J connectivity index is 2.68. The molecule has 2 rings (SSSR count). The van der Waals surface area contributed by atoms with Gasteiger partial charge >= 0.3 is 0 Å². The van der Waals surface area contributed by atoms with Crippen LogP contribution in [-0.4, -0.2) is 19.8 Å². The maximum Gasteiger partial charge on any atom is 0.176 e. The van der Waals surface area contributed by atoms with E-state index in [9.17, 15) is 0 Å². The van der Waals surface area contributed by atoms with E-state index in [2.05, 4.69) is 42.9 Å². The molecule has 4 heteroatoms. The monoisotopic (exact) mass is 204 g/mol. The van der Waals surface area contributed by atoms with Crippen LogP contribution in [0.2, 0.25) is 0 Å². The molecule has 15 heavy (non-hydrogen) atoms. The molecular formula is C11H16N4. The smallest absolute Gasteiger partial charge is 0.176 e. The van der Waals surface area contributed by atoms with Crippen LogP contribution in [-0.2, 0) is 0 Å². The van der Waals surface area contributed by atoms with E-state index < -0.39 is 0 Å². The van der Waals surface area contributed by atoms with E-state index in [1.165, 1.54) is 0 Å². The van der Waals surface area contributed by atoms with Crippen LogP contribution in [0.3, 0.4) is 0 Å². The molecule has 0 aliphatic carbocycles. The number of hydrogen-bond donors (Lipinski definition) is 0. The molecule has 2 heterocycles. The van der Waals surface area contributed by atoms with Gasteiger partial charge < -0.3 is 0 Å². The molecule has 0 aromatic carbocycles. The summed E-state index contributed by atoms with van der Waals surface area (Å²) in [6.45, 7) is 8.54. The lowest BCUT2D eigenvalue weighted by atomic mass is 10.0. The lowest BCUT2D eigenvalue weighted by Crippen LogP contribution is -2.10. The molecule has 0 fully saturated rings. The van der Waals surface area contributed by atoms with Crippen LogP contribution in [0, 0.1) is 0 Å². The van der Waals surface area contributed by atoms with Crippen LogP contribution in [0.25, 0.3) is 5.65 Å². The van der Waals surface area contributed by atoms with Crippen molar-refractivity contribution >= 4 is 5.65 Å². The number of aromatic nitrogens is 4. The van der Waals surface area contributed by atoms with Gasteiger partial charge in [-0.05, 0) is 11.8 Å². The van der Waals surface area contributed by atoms with Gasteiger partial charge in [0.1, 0.15) is 0 Å². The van der Waals surface area contributed by atoms with Gasteiger partial charge in [0.2, 0.25) is 0 Å². The van der Waals surface area contributed by atoms with Crippen LogP contribution < -0.4 is 0 Å². The van der Waals surface area contributed by atoms with Gasteiger partial charge in [0, 0.05) is 6.07 Å². The molecule has 0 radical (unpaired) electrons. The summed E-state index contributed by atoms with van der Waals surface area (Å²) in [5.74, 6) is 0.776. The number of fused-ring (bicyclic) bond motifs is 1. The van der Waals surface area contributed by atoms with Crippen molar-refractivity contribution in [1.29, 1.82) is 0 Å². The van der Waals surface area contributed by atoms with Crippen molar-refractivity contribution in [3.8, 4) is 0 Å². The molecule has 0 spiro atoms. The molecule has 0 atom stereocenters. The molecule has 0 aliphatic rings. The number of hydrogen-bond acceptors (Lipinski definition) is 3. The normalized spacial score (nSPS) is 11.9. The third kappa shape index (κ3) is 1.71. The van der Waals surface area contributed by atoms with E-state index >= 15 is 0 Å². The third-order valence-electron chi connectivity index (χ3n) is 2.40. The third-order valence-corrected chi connectivity index (χ3v) is 2.40. The molecule has 0 bridgehead atoms. The molecule has 4 nitrogen and oxygen atoms in total. The van der Waals surface area contributed by atoms with E-state index in [1.807, 2.05) is 6.07 Å². The predicted molar refractivity (Wildman–Crippen MR) is 59.0 cm³/mol. The Morgan fingerprint density at radius 1 is 1.07 bits per heavy atom. The van der Waals surface area contributed by atoms with Crippen molar-refractivity contribution < 1.29 is 0 Å². The second-order valence-corrected chi connectivity index (χ2v) is 4.37. The predicted octanol–water partition coefficient (Wildman–Crippen LogP) is 2.37. The highest BCUT2D eigenvalue weighted by atomic mass is 15.4. The first-order valence-corrected chi connectivity index (χ1v) is 5.31. The first-order valence-electron chi connectivity index (χ1n) is 5.31. The van der Waals surface area contributed by atoms with E-state index in [1.54, 1.807) is 10.8 Å². The molecule has 2 aromatic rings. The summed E-state index contributed by atoms with van der Waals surface area (Å²) in [7, 11) is 0. The maximum atomic E-state index is 4.59. The van der Waals surface area contributed by atoms with Crippen molar-refractivity contribution in [2.24, 2.45) is 0 Å². The molecular weight excluding hydrogens is 188 g/mol. The first-order chi connectivity index (χ1) is 7.09. The summed E-state index contributed by atoms with van der Waals surface area (Å²) in [6.07, 6.45) is 1.73. The molecule has 0 aliphatic heterocycles. The quantitative estimate of drug-likeness (QED) is 0.754. The van der Waals surface area contributed by atoms with Gasteiger partial charge in [-0.15, -0.1) is 4.63 Å². The standard InChI is InChI=1S/C11H16N4/c1-7(2)10-11(8(3)4)14-15-9(13-10)5-6-12-15/h5-8H,1-4H3. The lowest BCUT2D eigenvalue weighted by Gasteiger charge is -2.13. The Morgan fingerprint density at radius 3 is 2.33 bits per heavy atom. The van der Waals surface area contributed by atoms with Gasteiger partial charge in [-0.3, -0.25) is 0 Å². The maximum absolute atomic E-state index is 4.59. The Morgan fingerprint density at radius 2 is 1.73 bits per heavy atom. The zero-order valence-electron chi connectivity index (χ0n) is 9.60. The van der Waals surface area contributed by atoms with Gasteiger partial charge in [-0.1, -0.05) is 27.7 Å². The van der Waals surface area contributed by atoms with E-state index in [0.717, 1.165) is 17.0 Å². The van der Waals surface area contributed by atoms with Crippen molar-refractivity contribution in [2.75, 3.05) is 0 Å². The highest BCUT2D eigenvalue weighted by molar-refractivity contribution is 5.37. The number of nitrogens with zero attached hydrogens (tertiary/aromatic N) is 4. The Labute approximate surface area is 89.3 Å². The Bertz CT molecular complexity index is 428. The molecule has 0 saturated heterocycles. The summed E-state index contributed by atoms with van der Waals surface area (Å²) in [4.78, 5) is 4.59. The largest absolute Gasteiger partial charge is 0.230 e. The average Bonchev–Trinajstić information content (AvgIpc) is 2.61. The van der Waals surface area contributed by atoms with Crippen LogP contribution >= 0.6 is 0 Å². The van der Waals surface area contributed by atoms with Crippen LogP contribution in [0.1, 0.15) is 50.9 Å². The fourth-order valence-corrected chi connectivity index (χ4v) is 1.62. The summed E-state index contributed by atoms with van der Waals surface area (Å²) < 4.78 is 1.60. The second-order valence-electron chi connectivity index (χ2n) is 4.37. The zero-order valence-corrected chi connectivity index (χ0v) is 9.60. The topological polar surface area (TPSA) is 43.1 Å². The first kappa shape index (κ1) is 10.1.